The van der Waals surface area contributed by atoms with Crippen LogP contribution in [-0.2, 0) is 6.54 Å². The van der Waals surface area contributed by atoms with Crippen LogP contribution in [0, 0.1) is 3.57 Å². The van der Waals surface area contributed by atoms with Gasteiger partial charge in [-0.1, -0.05) is 18.2 Å². The summed E-state index contributed by atoms with van der Waals surface area (Å²) in [5.41, 5.74) is 1.09. The number of benzene rings is 1. The van der Waals surface area contributed by atoms with E-state index in [4.69, 9.17) is 0 Å². The number of hydrogen-bond donors (Lipinski definition) is 0. The number of nitrogens with zero attached hydrogens (tertiary/aromatic N) is 2. The van der Waals surface area contributed by atoms with E-state index in [1.165, 1.54) is 14.8 Å². The summed E-state index contributed by atoms with van der Waals surface area (Å²) in [5, 5.41) is 7.46. The third kappa shape index (κ3) is 2.20. The average Bonchev–Trinajstić information content (AvgIpc) is 2.76. The highest BCUT2D eigenvalue weighted by molar-refractivity contribution is 14.1. The summed E-state index contributed by atoms with van der Waals surface area (Å²) in [6.45, 7) is 0.528. The molecule has 0 fully saturated rings. The van der Waals surface area contributed by atoms with Gasteiger partial charge in [0.2, 0.25) is 0 Å². The van der Waals surface area contributed by atoms with Crippen LogP contribution in [0.2, 0.25) is 0 Å². The Labute approximate surface area is 121 Å². The average molecular weight is 368 g/mol. The Morgan fingerprint density at radius 3 is 3.00 bits per heavy atom. The lowest BCUT2D eigenvalue weighted by Crippen LogP contribution is -2.22. The van der Waals surface area contributed by atoms with E-state index < -0.39 is 0 Å². The van der Waals surface area contributed by atoms with Crippen molar-refractivity contribution < 1.29 is 0 Å². The number of fused-ring (bicyclic) bond motifs is 1. The molecule has 0 atom stereocenters. The number of hydrogen-bond acceptors (Lipinski definition) is 3. The predicted octanol–water partition coefficient (Wildman–Crippen LogP) is 3.11. The van der Waals surface area contributed by atoms with Crippen molar-refractivity contribution in [3.63, 3.8) is 0 Å². The maximum Gasteiger partial charge on any atom is 0.268 e. The van der Waals surface area contributed by atoms with Crippen LogP contribution in [0.1, 0.15) is 5.56 Å². The first-order valence-electron chi connectivity index (χ1n) is 5.42. The molecule has 2 heterocycles. The Kier molecular flexibility index (Phi) is 3.17. The molecule has 0 amide bonds. The van der Waals surface area contributed by atoms with Gasteiger partial charge in [0.25, 0.3) is 5.56 Å². The fourth-order valence-electron chi connectivity index (χ4n) is 1.85. The topological polar surface area (TPSA) is 34.9 Å². The van der Waals surface area contributed by atoms with Gasteiger partial charge in [-0.2, -0.15) is 5.10 Å². The SMILES string of the molecule is O=c1cc(I)cnn1Cc1csc2ccccc12. The second kappa shape index (κ2) is 4.81. The standard InChI is InChI=1S/C13H9IN2OS/c14-10-5-13(17)16(15-6-10)7-9-8-18-12-4-2-1-3-11(9)12/h1-6,8H,7H2. The monoisotopic (exact) mass is 368 g/mol. The van der Waals surface area contributed by atoms with Crippen LogP contribution >= 0.6 is 33.9 Å². The molecule has 0 saturated heterocycles. The summed E-state index contributed by atoms with van der Waals surface area (Å²) in [7, 11) is 0. The van der Waals surface area contributed by atoms with Gasteiger partial charge in [-0.15, -0.1) is 11.3 Å². The van der Waals surface area contributed by atoms with Crippen LogP contribution < -0.4 is 5.56 Å². The van der Waals surface area contributed by atoms with Crippen molar-refractivity contribution in [1.29, 1.82) is 0 Å². The molecule has 5 heteroatoms. The first-order valence-corrected chi connectivity index (χ1v) is 7.37. The molecule has 0 aliphatic rings. The molecule has 3 aromatic rings. The van der Waals surface area contributed by atoms with Gasteiger partial charge in [0.15, 0.2) is 0 Å². The largest absolute Gasteiger partial charge is 0.268 e. The summed E-state index contributed by atoms with van der Waals surface area (Å²) in [4.78, 5) is 11.8. The van der Waals surface area contributed by atoms with Crippen LogP contribution in [0.3, 0.4) is 0 Å². The maximum absolute atomic E-state index is 11.8. The highest BCUT2D eigenvalue weighted by Gasteiger charge is 2.06. The predicted molar refractivity (Wildman–Crippen MR) is 82.1 cm³/mol. The summed E-state index contributed by atoms with van der Waals surface area (Å²) in [6, 6.07) is 9.81. The van der Waals surface area contributed by atoms with Crippen molar-refractivity contribution in [3.05, 3.63) is 61.4 Å². The Morgan fingerprint density at radius 1 is 1.33 bits per heavy atom. The van der Waals surface area contributed by atoms with E-state index in [1.807, 2.05) is 12.1 Å². The minimum Gasteiger partial charge on any atom is -0.268 e. The molecule has 0 bridgehead atoms. The molecule has 0 N–H and O–H groups in total. The van der Waals surface area contributed by atoms with Crippen molar-refractivity contribution >= 4 is 44.0 Å². The van der Waals surface area contributed by atoms with E-state index in [2.05, 4.69) is 45.2 Å². The van der Waals surface area contributed by atoms with E-state index in [-0.39, 0.29) is 5.56 Å². The van der Waals surface area contributed by atoms with Crippen LogP contribution in [-0.4, -0.2) is 9.78 Å². The van der Waals surface area contributed by atoms with Crippen LogP contribution in [0.25, 0.3) is 10.1 Å². The fourth-order valence-corrected chi connectivity index (χ4v) is 3.19. The zero-order valence-electron chi connectivity index (χ0n) is 9.34. The number of aromatic nitrogens is 2. The smallest absolute Gasteiger partial charge is 0.268 e. The van der Waals surface area contributed by atoms with Crippen molar-refractivity contribution in [2.45, 2.75) is 6.54 Å². The van der Waals surface area contributed by atoms with Crippen molar-refractivity contribution in [2.75, 3.05) is 0 Å². The van der Waals surface area contributed by atoms with Crippen molar-refractivity contribution in [3.8, 4) is 0 Å². The Hall–Kier alpha value is -1.21. The van der Waals surface area contributed by atoms with E-state index in [0.717, 1.165) is 9.13 Å². The van der Waals surface area contributed by atoms with Gasteiger partial charge < -0.3 is 0 Å². The second-order valence-electron chi connectivity index (χ2n) is 3.93. The molecule has 18 heavy (non-hydrogen) atoms. The second-order valence-corrected chi connectivity index (χ2v) is 6.08. The fraction of sp³-hybridized carbons (Fsp3) is 0.0769. The normalized spacial score (nSPS) is 10.9. The molecular weight excluding hydrogens is 359 g/mol. The lowest BCUT2D eigenvalue weighted by Gasteiger charge is -2.03. The van der Waals surface area contributed by atoms with Crippen LogP contribution in [0.4, 0.5) is 0 Å². The number of rotatable bonds is 2. The van der Waals surface area contributed by atoms with E-state index in [9.17, 15) is 4.79 Å². The quantitative estimate of drug-likeness (QED) is 0.652. The lowest BCUT2D eigenvalue weighted by atomic mass is 10.2. The maximum atomic E-state index is 11.8. The van der Waals surface area contributed by atoms with Gasteiger partial charge in [0.1, 0.15) is 0 Å². The van der Waals surface area contributed by atoms with Gasteiger partial charge in [0, 0.05) is 14.3 Å². The van der Waals surface area contributed by atoms with Gasteiger partial charge in [0.05, 0.1) is 12.7 Å². The molecule has 3 nitrogen and oxygen atoms in total. The molecule has 0 saturated carbocycles. The van der Waals surface area contributed by atoms with Gasteiger partial charge in [-0.3, -0.25) is 4.79 Å². The molecule has 0 spiro atoms. The minimum absolute atomic E-state index is 0.0582. The molecule has 90 valence electrons. The molecule has 1 aromatic carbocycles. The Morgan fingerprint density at radius 2 is 2.17 bits per heavy atom. The zero-order valence-corrected chi connectivity index (χ0v) is 12.3. The highest BCUT2D eigenvalue weighted by atomic mass is 127. The molecule has 3 rings (SSSR count). The van der Waals surface area contributed by atoms with E-state index in [1.54, 1.807) is 23.6 Å². The first-order chi connectivity index (χ1) is 8.74. The van der Waals surface area contributed by atoms with Gasteiger partial charge >= 0.3 is 0 Å². The summed E-state index contributed by atoms with van der Waals surface area (Å²) >= 11 is 3.79. The van der Waals surface area contributed by atoms with E-state index >= 15 is 0 Å². The highest BCUT2D eigenvalue weighted by Crippen LogP contribution is 2.25. The summed E-state index contributed by atoms with van der Waals surface area (Å²) in [5.74, 6) is 0. The number of thiophene rings is 1. The van der Waals surface area contributed by atoms with Gasteiger partial charge in [-0.05, 0) is 45.0 Å². The molecule has 0 radical (unpaired) electrons. The van der Waals surface area contributed by atoms with E-state index in [0.29, 0.717) is 6.54 Å². The molecule has 0 aliphatic carbocycles. The van der Waals surface area contributed by atoms with Crippen LogP contribution in [0.15, 0.2) is 46.7 Å². The summed E-state index contributed by atoms with van der Waals surface area (Å²) in [6.07, 6.45) is 1.70. The Bertz CT molecular complexity index is 763. The van der Waals surface area contributed by atoms with Crippen LogP contribution in [0.5, 0.6) is 0 Å². The Balaban J connectivity index is 2.04. The zero-order chi connectivity index (χ0) is 12.5. The third-order valence-corrected chi connectivity index (χ3v) is 4.32. The summed E-state index contributed by atoms with van der Waals surface area (Å²) < 4.78 is 3.60. The molecule has 2 aromatic heterocycles. The van der Waals surface area contributed by atoms with Crippen molar-refractivity contribution in [2.24, 2.45) is 0 Å². The van der Waals surface area contributed by atoms with Crippen molar-refractivity contribution in [1.82, 2.24) is 9.78 Å². The number of halogens is 1. The third-order valence-electron chi connectivity index (χ3n) is 2.72. The lowest BCUT2D eigenvalue weighted by molar-refractivity contribution is 0.640. The first kappa shape index (κ1) is 11.9. The molecule has 0 aliphatic heterocycles. The van der Waals surface area contributed by atoms with Gasteiger partial charge in [-0.25, -0.2) is 4.68 Å². The molecular formula is C13H9IN2OS. The molecule has 0 unspecified atom stereocenters. The minimum atomic E-state index is -0.0582.